The minimum Gasteiger partial charge on any atom is -0.329 e. The van der Waals surface area contributed by atoms with Gasteiger partial charge in [0.1, 0.15) is 0 Å². The Balaban J connectivity index is 2.04. The molecule has 0 aromatic carbocycles. The lowest BCUT2D eigenvalue weighted by molar-refractivity contribution is -0.130. The van der Waals surface area contributed by atoms with Crippen LogP contribution in [0.2, 0.25) is 0 Å². The van der Waals surface area contributed by atoms with E-state index in [1.54, 1.807) is 0 Å². The van der Waals surface area contributed by atoms with Crippen LogP contribution in [0.25, 0.3) is 0 Å². The third kappa shape index (κ3) is 1.97. The van der Waals surface area contributed by atoms with E-state index in [1.165, 1.54) is 25.7 Å². The van der Waals surface area contributed by atoms with Crippen molar-refractivity contribution < 1.29 is 4.79 Å². The first-order valence-corrected chi connectivity index (χ1v) is 6.68. The predicted molar refractivity (Wildman–Crippen MR) is 64.9 cm³/mol. The van der Waals surface area contributed by atoms with Crippen LogP contribution in [-0.2, 0) is 4.79 Å². The van der Waals surface area contributed by atoms with E-state index >= 15 is 0 Å². The quantitative estimate of drug-likeness (QED) is 0.795. The smallest absolute Gasteiger partial charge is 0.241 e. The average molecular weight is 224 g/mol. The highest BCUT2D eigenvalue weighted by Crippen LogP contribution is 2.32. The summed E-state index contributed by atoms with van der Waals surface area (Å²) in [6.45, 7) is 4.32. The van der Waals surface area contributed by atoms with Gasteiger partial charge in [-0.2, -0.15) is 0 Å². The van der Waals surface area contributed by atoms with Gasteiger partial charge in [0.25, 0.3) is 0 Å². The van der Waals surface area contributed by atoms with Crippen molar-refractivity contribution in [2.75, 3.05) is 7.05 Å². The third-order valence-corrected chi connectivity index (χ3v) is 4.44. The highest BCUT2D eigenvalue weighted by molar-refractivity contribution is 5.84. The molecule has 1 heterocycles. The van der Waals surface area contributed by atoms with Crippen LogP contribution in [0.15, 0.2) is 0 Å². The number of carbonyl (C=O) groups is 1. The summed E-state index contributed by atoms with van der Waals surface area (Å²) in [5.74, 6) is 1.43. The van der Waals surface area contributed by atoms with Crippen LogP contribution in [-0.4, -0.2) is 30.1 Å². The molecule has 0 aromatic heterocycles. The zero-order chi connectivity index (χ0) is 11.7. The van der Waals surface area contributed by atoms with Crippen molar-refractivity contribution in [1.29, 1.82) is 0 Å². The van der Waals surface area contributed by atoms with E-state index in [4.69, 9.17) is 0 Å². The fourth-order valence-corrected chi connectivity index (χ4v) is 3.09. The Labute approximate surface area is 98.6 Å². The van der Waals surface area contributed by atoms with Gasteiger partial charge in [0, 0.05) is 7.05 Å². The maximum atomic E-state index is 12.1. The molecule has 16 heavy (non-hydrogen) atoms. The molecule has 3 atom stereocenters. The maximum absolute atomic E-state index is 12.1. The molecular formula is C13H24N2O. The van der Waals surface area contributed by atoms with Crippen LogP contribution < -0.4 is 5.32 Å². The van der Waals surface area contributed by atoms with E-state index in [0.29, 0.717) is 23.9 Å². The Morgan fingerprint density at radius 2 is 2.06 bits per heavy atom. The van der Waals surface area contributed by atoms with Crippen LogP contribution in [0.4, 0.5) is 0 Å². The molecule has 0 spiro atoms. The lowest BCUT2D eigenvalue weighted by atomic mass is 9.99. The van der Waals surface area contributed by atoms with Crippen molar-refractivity contribution in [3.63, 3.8) is 0 Å². The number of likely N-dealkylation sites (N-methyl/N-ethyl adjacent to an activating group) is 1. The summed E-state index contributed by atoms with van der Waals surface area (Å²) in [7, 11) is 1.96. The molecule has 92 valence electrons. The minimum absolute atomic E-state index is 0.0561. The second kappa shape index (κ2) is 4.74. The fourth-order valence-electron chi connectivity index (χ4n) is 3.09. The van der Waals surface area contributed by atoms with Gasteiger partial charge in [-0.05, 0) is 24.7 Å². The summed E-state index contributed by atoms with van der Waals surface area (Å²) >= 11 is 0. The van der Waals surface area contributed by atoms with Crippen molar-refractivity contribution in [2.45, 2.75) is 58.2 Å². The molecule has 0 radical (unpaired) electrons. The van der Waals surface area contributed by atoms with Crippen LogP contribution in [0, 0.1) is 11.8 Å². The number of hydrogen-bond donors (Lipinski definition) is 1. The number of carbonyl (C=O) groups excluding carboxylic acids is 1. The van der Waals surface area contributed by atoms with Gasteiger partial charge in [0.2, 0.25) is 5.91 Å². The van der Waals surface area contributed by atoms with Gasteiger partial charge in [-0.15, -0.1) is 0 Å². The average Bonchev–Trinajstić information content (AvgIpc) is 2.89. The van der Waals surface area contributed by atoms with E-state index in [0.717, 1.165) is 6.42 Å². The second-order valence-corrected chi connectivity index (χ2v) is 5.47. The van der Waals surface area contributed by atoms with E-state index in [9.17, 15) is 4.79 Å². The number of nitrogens with zero attached hydrogens (tertiary/aromatic N) is 1. The van der Waals surface area contributed by atoms with E-state index in [-0.39, 0.29) is 6.04 Å². The zero-order valence-corrected chi connectivity index (χ0v) is 10.7. The molecule has 3 unspecified atom stereocenters. The standard InChI is InChI=1S/C13H24N2O/c1-4-9(2)11-13(16)15(3)12(14-11)10-7-5-6-8-10/h9-12,14H,4-8H2,1-3H3. The number of rotatable bonds is 3. The van der Waals surface area contributed by atoms with Gasteiger partial charge in [0.15, 0.2) is 0 Å². The molecule has 1 aliphatic heterocycles. The highest BCUT2D eigenvalue weighted by atomic mass is 16.2. The Bertz CT molecular complexity index is 261. The Morgan fingerprint density at radius 1 is 1.44 bits per heavy atom. The Kier molecular flexibility index (Phi) is 3.53. The molecule has 3 nitrogen and oxygen atoms in total. The fraction of sp³-hybridized carbons (Fsp3) is 0.923. The summed E-state index contributed by atoms with van der Waals surface area (Å²) in [4.78, 5) is 14.1. The number of hydrogen-bond acceptors (Lipinski definition) is 2. The minimum atomic E-state index is 0.0561. The van der Waals surface area contributed by atoms with Crippen molar-refractivity contribution >= 4 is 5.91 Å². The monoisotopic (exact) mass is 224 g/mol. The summed E-state index contributed by atoms with van der Waals surface area (Å²) < 4.78 is 0. The van der Waals surface area contributed by atoms with Gasteiger partial charge in [0.05, 0.1) is 12.2 Å². The second-order valence-electron chi connectivity index (χ2n) is 5.47. The Morgan fingerprint density at radius 3 is 2.62 bits per heavy atom. The first kappa shape index (κ1) is 11.9. The molecule has 2 aliphatic rings. The van der Waals surface area contributed by atoms with Gasteiger partial charge >= 0.3 is 0 Å². The SMILES string of the molecule is CCC(C)C1NC(C2CCCC2)N(C)C1=O. The predicted octanol–water partition coefficient (Wildman–Crippen LogP) is 1.98. The van der Waals surface area contributed by atoms with Gasteiger partial charge in [-0.3, -0.25) is 10.1 Å². The summed E-state index contributed by atoms with van der Waals surface area (Å²) in [6, 6.07) is 0.0561. The highest BCUT2D eigenvalue weighted by Gasteiger charge is 2.42. The zero-order valence-electron chi connectivity index (χ0n) is 10.7. The van der Waals surface area contributed by atoms with E-state index in [1.807, 2.05) is 11.9 Å². The van der Waals surface area contributed by atoms with Crippen molar-refractivity contribution in [3.05, 3.63) is 0 Å². The molecule has 0 bridgehead atoms. The van der Waals surface area contributed by atoms with Crippen LogP contribution in [0.1, 0.15) is 46.0 Å². The molecule has 0 aromatic rings. The lowest BCUT2D eigenvalue weighted by Gasteiger charge is -2.25. The molecule has 1 saturated heterocycles. The third-order valence-electron chi connectivity index (χ3n) is 4.44. The summed E-state index contributed by atoms with van der Waals surface area (Å²) in [5.41, 5.74) is 0. The maximum Gasteiger partial charge on any atom is 0.241 e. The van der Waals surface area contributed by atoms with Gasteiger partial charge in [-0.25, -0.2) is 0 Å². The number of nitrogens with one attached hydrogen (secondary N) is 1. The van der Waals surface area contributed by atoms with Crippen LogP contribution in [0.5, 0.6) is 0 Å². The molecule has 2 rings (SSSR count). The molecule has 3 heteroatoms. The van der Waals surface area contributed by atoms with Crippen molar-refractivity contribution in [1.82, 2.24) is 10.2 Å². The molecule has 1 N–H and O–H groups in total. The van der Waals surface area contributed by atoms with Crippen molar-refractivity contribution in [2.24, 2.45) is 11.8 Å². The summed E-state index contributed by atoms with van der Waals surface area (Å²) in [6.07, 6.45) is 6.59. The Hall–Kier alpha value is -0.570. The van der Waals surface area contributed by atoms with Crippen molar-refractivity contribution in [3.8, 4) is 0 Å². The van der Waals surface area contributed by atoms with E-state index in [2.05, 4.69) is 19.2 Å². The topological polar surface area (TPSA) is 32.3 Å². The molecule has 2 fully saturated rings. The number of amides is 1. The van der Waals surface area contributed by atoms with Crippen LogP contribution in [0.3, 0.4) is 0 Å². The van der Waals surface area contributed by atoms with E-state index < -0.39 is 0 Å². The molecule has 1 saturated carbocycles. The van der Waals surface area contributed by atoms with Crippen LogP contribution >= 0.6 is 0 Å². The molecule has 1 aliphatic carbocycles. The first-order valence-electron chi connectivity index (χ1n) is 6.68. The lowest BCUT2D eigenvalue weighted by Crippen LogP contribution is -2.41. The van der Waals surface area contributed by atoms with Gasteiger partial charge < -0.3 is 4.90 Å². The largest absolute Gasteiger partial charge is 0.329 e. The first-order chi connectivity index (χ1) is 7.65. The normalized spacial score (nSPS) is 33.7. The van der Waals surface area contributed by atoms with Gasteiger partial charge in [-0.1, -0.05) is 33.1 Å². The molecule has 1 amide bonds. The summed E-state index contributed by atoms with van der Waals surface area (Å²) in [5, 5.41) is 3.56. The molecular weight excluding hydrogens is 200 g/mol.